The Kier molecular flexibility index (Phi) is 7.18. The summed E-state index contributed by atoms with van der Waals surface area (Å²) in [6.07, 6.45) is 6.25. The number of halogens is 1. The van der Waals surface area contributed by atoms with Crippen LogP contribution in [0.15, 0.2) is 47.2 Å². The molecule has 0 spiro atoms. The maximum absolute atomic E-state index is 12.3. The van der Waals surface area contributed by atoms with E-state index in [-0.39, 0.29) is 12.5 Å². The van der Waals surface area contributed by atoms with Crippen LogP contribution in [0.5, 0.6) is 5.75 Å². The first-order chi connectivity index (χ1) is 14.1. The van der Waals surface area contributed by atoms with Crippen molar-refractivity contribution in [3.05, 3.63) is 52.8 Å². The number of benzene rings is 1. The SMILES string of the molecule is COc1ccc(Br)cc1/C=C/C(=O)OCC(=O)N1CCN(c2ncccn2)CC1. The fourth-order valence-corrected chi connectivity index (χ4v) is 3.25. The van der Waals surface area contributed by atoms with E-state index in [1.807, 2.05) is 17.0 Å². The third-order valence-corrected chi connectivity index (χ3v) is 4.89. The van der Waals surface area contributed by atoms with Crippen LogP contribution in [-0.4, -0.2) is 66.6 Å². The van der Waals surface area contributed by atoms with E-state index >= 15 is 0 Å². The van der Waals surface area contributed by atoms with E-state index in [0.29, 0.717) is 37.9 Å². The number of rotatable bonds is 6. The molecule has 1 aliphatic rings. The molecule has 152 valence electrons. The molecule has 8 nitrogen and oxygen atoms in total. The molecule has 0 bridgehead atoms. The largest absolute Gasteiger partial charge is 0.496 e. The Balaban J connectivity index is 1.46. The van der Waals surface area contributed by atoms with Crippen LogP contribution in [0.1, 0.15) is 5.56 Å². The first kappa shape index (κ1) is 20.8. The van der Waals surface area contributed by atoms with Gasteiger partial charge in [0, 0.05) is 54.7 Å². The number of methoxy groups -OCH3 is 1. The summed E-state index contributed by atoms with van der Waals surface area (Å²) in [5.74, 6) is 0.477. The lowest BCUT2D eigenvalue weighted by Gasteiger charge is -2.34. The number of anilines is 1. The summed E-state index contributed by atoms with van der Waals surface area (Å²) in [5.41, 5.74) is 0.726. The van der Waals surface area contributed by atoms with Gasteiger partial charge in [-0.2, -0.15) is 0 Å². The zero-order valence-corrected chi connectivity index (χ0v) is 17.5. The van der Waals surface area contributed by atoms with Gasteiger partial charge in [-0.25, -0.2) is 14.8 Å². The Morgan fingerprint density at radius 1 is 1.17 bits per heavy atom. The Morgan fingerprint density at radius 3 is 2.59 bits per heavy atom. The molecule has 0 radical (unpaired) electrons. The van der Waals surface area contributed by atoms with E-state index in [4.69, 9.17) is 9.47 Å². The average molecular weight is 461 g/mol. The highest BCUT2D eigenvalue weighted by Gasteiger charge is 2.23. The smallest absolute Gasteiger partial charge is 0.331 e. The van der Waals surface area contributed by atoms with Gasteiger partial charge in [0.15, 0.2) is 6.61 Å². The molecule has 0 unspecified atom stereocenters. The molecule has 1 fully saturated rings. The molecule has 1 aromatic heterocycles. The monoisotopic (exact) mass is 460 g/mol. The lowest BCUT2D eigenvalue weighted by Crippen LogP contribution is -2.50. The number of aromatic nitrogens is 2. The Labute approximate surface area is 177 Å². The van der Waals surface area contributed by atoms with E-state index in [0.717, 1.165) is 10.0 Å². The van der Waals surface area contributed by atoms with Gasteiger partial charge in [0.2, 0.25) is 5.95 Å². The normalized spacial score (nSPS) is 14.1. The van der Waals surface area contributed by atoms with Gasteiger partial charge >= 0.3 is 5.97 Å². The van der Waals surface area contributed by atoms with Crippen LogP contribution in [0.2, 0.25) is 0 Å². The van der Waals surface area contributed by atoms with Crippen molar-refractivity contribution >= 4 is 39.8 Å². The number of carbonyl (C=O) groups excluding carboxylic acids is 2. The number of ether oxygens (including phenoxy) is 2. The standard InChI is InChI=1S/C20H21BrN4O4/c1-28-17-5-4-16(21)13-15(17)3-6-19(27)29-14-18(26)24-9-11-25(12-10-24)20-22-7-2-8-23-20/h2-8,13H,9-12,14H2,1H3/b6-3+. The maximum atomic E-state index is 12.3. The van der Waals surface area contributed by atoms with E-state index in [1.165, 1.54) is 6.08 Å². The molecule has 1 aromatic carbocycles. The molecule has 2 heterocycles. The number of hydrogen-bond donors (Lipinski definition) is 0. The first-order valence-corrected chi connectivity index (χ1v) is 9.84. The number of hydrogen-bond acceptors (Lipinski definition) is 7. The second-order valence-corrected chi connectivity index (χ2v) is 7.16. The fraction of sp³-hybridized carbons (Fsp3) is 0.300. The van der Waals surface area contributed by atoms with Gasteiger partial charge in [0.1, 0.15) is 5.75 Å². The van der Waals surface area contributed by atoms with E-state index < -0.39 is 5.97 Å². The quantitative estimate of drug-likeness (QED) is 0.482. The van der Waals surface area contributed by atoms with Crippen LogP contribution in [0.3, 0.4) is 0 Å². The van der Waals surface area contributed by atoms with Crippen LogP contribution in [0.4, 0.5) is 5.95 Å². The first-order valence-electron chi connectivity index (χ1n) is 9.05. The molecule has 1 amide bonds. The summed E-state index contributed by atoms with van der Waals surface area (Å²) < 4.78 is 11.2. The molecule has 0 N–H and O–H groups in total. The summed E-state index contributed by atoms with van der Waals surface area (Å²) in [4.78, 5) is 36.4. The van der Waals surface area contributed by atoms with Crippen LogP contribution >= 0.6 is 15.9 Å². The van der Waals surface area contributed by atoms with E-state index in [9.17, 15) is 9.59 Å². The number of amides is 1. The van der Waals surface area contributed by atoms with Gasteiger partial charge in [-0.1, -0.05) is 15.9 Å². The van der Waals surface area contributed by atoms with Gasteiger partial charge in [0.25, 0.3) is 5.91 Å². The summed E-state index contributed by atoms with van der Waals surface area (Å²) in [6, 6.07) is 7.22. The minimum absolute atomic E-state index is 0.222. The molecule has 0 saturated carbocycles. The Bertz CT molecular complexity index is 883. The number of piperazine rings is 1. The van der Waals surface area contributed by atoms with Crippen molar-refractivity contribution in [2.24, 2.45) is 0 Å². The van der Waals surface area contributed by atoms with Crippen molar-refractivity contribution in [2.45, 2.75) is 0 Å². The zero-order chi connectivity index (χ0) is 20.6. The fourth-order valence-electron chi connectivity index (χ4n) is 2.88. The lowest BCUT2D eigenvalue weighted by molar-refractivity contribution is -0.148. The van der Waals surface area contributed by atoms with Crippen LogP contribution < -0.4 is 9.64 Å². The molecule has 3 rings (SSSR count). The molecule has 9 heteroatoms. The average Bonchev–Trinajstić information content (AvgIpc) is 2.77. The number of esters is 1. The van der Waals surface area contributed by atoms with Crippen LogP contribution in [0.25, 0.3) is 6.08 Å². The molecular formula is C20H21BrN4O4. The Morgan fingerprint density at radius 2 is 1.90 bits per heavy atom. The van der Waals surface area contributed by atoms with Gasteiger partial charge < -0.3 is 19.3 Å². The van der Waals surface area contributed by atoms with Crippen molar-refractivity contribution in [3.8, 4) is 5.75 Å². The molecule has 29 heavy (non-hydrogen) atoms. The van der Waals surface area contributed by atoms with Crippen molar-refractivity contribution in [3.63, 3.8) is 0 Å². The Hall–Kier alpha value is -2.94. The third kappa shape index (κ3) is 5.77. The van der Waals surface area contributed by atoms with Gasteiger partial charge in [-0.05, 0) is 30.3 Å². The molecule has 1 aliphatic heterocycles. The third-order valence-electron chi connectivity index (χ3n) is 4.40. The predicted octanol–water partition coefficient (Wildman–Crippen LogP) is 2.15. The highest BCUT2D eigenvalue weighted by atomic mass is 79.9. The van der Waals surface area contributed by atoms with Crippen molar-refractivity contribution in [1.82, 2.24) is 14.9 Å². The topological polar surface area (TPSA) is 84.9 Å². The van der Waals surface area contributed by atoms with Gasteiger partial charge in [-0.3, -0.25) is 4.79 Å². The summed E-state index contributed by atoms with van der Waals surface area (Å²) >= 11 is 3.38. The van der Waals surface area contributed by atoms with E-state index in [2.05, 4.69) is 25.9 Å². The summed E-state index contributed by atoms with van der Waals surface area (Å²) in [5, 5.41) is 0. The molecule has 0 atom stereocenters. The molecular weight excluding hydrogens is 440 g/mol. The van der Waals surface area contributed by atoms with Crippen molar-refractivity contribution < 1.29 is 19.1 Å². The minimum atomic E-state index is -0.586. The molecule has 0 aliphatic carbocycles. The summed E-state index contributed by atoms with van der Waals surface area (Å²) in [6.45, 7) is 2.03. The van der Waals surface area contributed by atoms with Crippen LogP contribution in [0, 0.1) is 0 Å². The van der Waals surface area contributed by atoms with E-state index in [1.54, 1.807) is 42.6 Å². The second kappa shape index (κ2) is 10.0. The van der Waals surface area contributed by atoms with Crippen molar-refractivity contribution in [2.75, 3.05) is 44.8 Å². The second-order valence-electron chi connectivity index (χ2n) is 6.24. The number of nitrogens with zero attached hydrogens (tertiary/aromatic N) is 4. The number of carbonyl (C=O) groups is 2. The lowest BCUT2D eigenvalue weighted by atomic mass is 10.2. The van der Waals surface area contributed by atoms with Gasteiger partial charge in [0.05, 0.1) is 7.11 Å². The van der Waals surface area contributed by atoms with Crippen LogP contribution in [-0.2, 0) is 14.3 Å². The predicted molar refractivity (Wildman–Crippen MR) is 112 cm³/mol. The van der Waals surface area contributed by atoms with Crippen molar-refractivity contribution in [1.29, 1.82) is 0 Å². The zero-order valence-electron chi connectivity index (χ0n) is 16.0. The van der Waals surface area contributed by atoms with Gasteiger partial charge in [-0.15, -0.1) is 0 Å². The molecule has 2 aromatic rings. The summed E-state index contributed by atoms with van der Waals surface area (Å²) in [7, 11) is 1.56. The highest BCUT2D eigenvalue weighted by Crippen LogP contribution is 2.24. The highest BCUT2D eigenvalue weighted by molar-refractivity contribution is 9.10. The maximum Gasteiger partial charge on any atom is 0.331 e. The molecule has 1 saturated heterocycles. The minimum Gasteiger partial charge on any atom is -0.496 e.